The fourth-order valence-electron chi connectivity index (χ4n) is 1.33. The van der Waals surface area contributed by atoms with Crippen LogP contribution in [0, 0.1) is 0 Å². The van der Waals surface area contributed by atoms with Crippen molar-refractivity contribution in [2.75, 3.05) is 6.61 Å². The van der Waals surface area contributed by atoms with E-state index in [2.05, 4.69) is 16.8 Å². The summed E-state index contributed by atoms with van der Waals surface area (Å²) in [6.07, 6.45) is 10.1. The Labute approximate surface area is 80.9 Å². The lowest BCUT2D eigenvalue weighted by Gasteiger charge is -2.00. The van der Waals surface area contributed by atoms with E-state index in [0.29, 0.717) is 6.61 Å². The highest BCUT2D eigenvalue weighted by Gasteiger charge is 1.91. The van der Waals surface area contributed by atoms with E-state index < -0.39 is 0 Å². The maximum atomic E-state index is 7.84. The van der Waals surface area contributed by atoms with E-state index in [-0.39, 0.29) is 0 Å². The predicted octanol–water partition coefficient (Wildman–Crippen LogP) is 3.55. The highest BCUT2D eigenvalue weighted by molar-refractivity contribution is 4.44. The van der Waals surface area contributed by atoms with Crippen LogP contribution in [-0.4, -0.2) is 11.9 Å². The molecule has 0 rings (SSSR count). The molecule has 0 amide bonds. The molecular formula is C10H22O3. The van der Waals surface area contributed by atoms with Crippen LogP contribution in [0.25, 0.3) is 0 Å². The third-order valence-electron chi connectivity index (χ3n) is 2.13. The molecule has 0 aliphatic carbocycles. The summed E-state index contributed by atoms with van der Waals surface area (Å²) in [6.45, 7) is 2.72. The lowest BCUT2D eigenvalue weighted by atomic mass is 10.1. The summed E-state index contributed by atoms with van der Waals surface area (Å²) in [5.41, 5.74) is 0. The minimum atomic E-state index is 0.492. The Morgan fingerprint density at radius 2 is 1.38 bits per heavy atom. The summed E-state index contributed by atoms with van der Waals surface area (Å²) in [6, 6.07) is 0. The molecule has 0 unspecified atom stereocenters. The molecule has 1 N–H and O–H groups in total. The zero-order chi connectivity index (χ0) is 9.78. The molecule has 0 fully saturated rings. The Balaban J connectivity index is 2.76. The standard InChI is InChI=1S/C10H22O3/c1-2-3-4-5-6-7-8-9-10-12-13-11/h11H,2-10H2,1H3. The molecule has 80 valence electrons. The summed E-state index contributed by atoms with van der Waals surface area (Å²) in [7, 11) is 0. The summed E-state index contributed by atoms with van der Waals surface area (Å²) in [5.74, 6) is 0. The monoisotopic (exact) mass is 190 g/mol. The molecular weight excluding hydrogens is 168 g/mol. The van der Waals surface area contributed by atoms with Gasteiger partial charge in [0.2, 0.25) is 0 Å². The maximum absolute atomic E-state index is 7.84. The van der Waals surface area contributed by atoms with E-state index in [0.717, 1.165) is 12.8 Å². The van der Waals surface area contributed by atoms with E-state index in [1.54, 1.807) is 0 Å². The minimum Gasteiger partial charge on any atom is -0.221 e. The van der Waals surface area contributed by atoms with Crippen molar-refractivity contribution in [3.63, 3.8) is 0 Å². The Hall–Kier alpha value is -0.120. The van der Waals surface area contributed by atoms with Gasteiger partial charge in [-0.05, 0) is 6.42 Å². The van der Waals surface area contributed by atoms with Gasteiger partial charge in [-0.25, -0.2) is 10.1 Å². The van der Waals surface area contributed by atoms with Crippen molar-refractivity contribution in [1.29, 1.82) is 0 Å². The molecule has 0 saturated heterocycles. The van der Waals surface area contributed by atoms with Gasteiger partial charge in [0, 0.05) is 0 Å². The lowest BCUT2D eigenvalue weighted by molar-refractivity contribution is -0.490. The average Bonchev–Trinajstić information content (AvgIpc) is 2.16. The smallest absolute Gasteiger partial charge is 0.0853 e. The molecule has 3 heteroatoms. The van der Waals surface area contributed by atoms with Crippen LogP contribution in [0.3, 0.4) is 0 Å². The largest absolute Gasteiger partial charge is 0.221 e. The van der Waals surface area contributed by atoms with Crippen LogP contribution >= 0.6 is 0 Å². The third kappa shape index (κ3) is 11.9. The fraction of sp³-hybridized carbons (Fsp3) is 1.00. The van der Waals surface area contributed by atoms with E-state index in [9.17, 15) is 0 Å². The zero-order valence-corrected chi connectivity index (χ0v) is 8.63. The topological polar surface area (TPSA) is 38.7 Å². The molecule has 0 aliphatic rings. The molecule has 0 spiro atoms. The zero-order valence-electron chi connectivity index (χ0n) is 8.63. The van der Waals surface area contributed by atoms with Gasteiger partial charge in [-0.3, -0.25) is 0 Å². The van der Waals surface area contributed by atoms with Gasteiger partial charge in [-0.1, -0.05) is 56.9 Å². The maximum Gasteiger partial charge on any atom is 0.0853 e. The summed E-state index contributed by atoms with van der Waals surface area (Å²) in [4.78, 5) is 4.33. The molecule has 0 aromatic carbocycles. The van der Waals surface area contributed by atoms with Crippen molar-refractivity contribution in [2.24, 2.45) is 0 Å². The van der Waals surface area contributed by atoms with Gasteiger partial charge in [0.25, 0.3) is 0 Å². The quantitative estimate of drug-likeness (QED) is 0.325. The first-order valence-corrected chi connectivity index (χ1v) is 5.35. The fourth-order valence-corrected chi connectivity index (χ4v) is 1.33. The molecule has 0 aliphatic heterocycles. The molecule has 0 aromatic heterocycles. The summed E-state index contributed by atoms with van der Waals surface area (Å²) in [5, 5.41) is 11.3. The Bertz CT molecular complexity index is 76.2. The van der Waals surface area contributed by atoms with Gasteiger partial charge in [0.15, 0.2) is 0 Å². The predicted molar refractivity (Wildman–Crippen MR) is 52.3 cm³/mol. The first-order valence-electron chi connectivity index (χ1n) is 5.35. The van der Waals surface area contributed by atoms with Gasteiger partial charge >= 0.3 is 0 Å². The second-order valence-corrected chi connectivity index (χ2v) is 3.37. The second kappa shape index (κ2) is 11.9. The Morgan fingerprint density at radius 3 is 1.92 bits per heavy atom. The van der Waals surface area contributed by atoms with Gasteiger partial charge < -0.3 is 0 Å². The summed E-state index contributed by atoms with van der Waals surface area (Å²) < 4.78 is 0. The van der Waals surface area contributed by atoms with Crippen molar-refractivity contribution in [3.8, 4) is 0 Å². The molecule has 0 atom stereocenters. The SMILES string of the molecule is CCCCCCCCCCOOO. The van der Waals surface area contributed by atoms with Crippen molar-refractivity contribution in [2.45, 2.75) is 58.3 Å². The summed E-state index contributed by atoms with van der Waals surface area (Å²) >= 11 is 0. The number of unbranched alkanes of at least 4 members (excludes halogenated alkanes) is 7. The van der Waals surface area contributed by atoms with Gasteiger partial charge in [-0.2, -0.15) is 0 Å². The molecule has 3 nitrogen and oxygen atoms in total. The van der Waals surface area contributed by atoms with E-state index in [1.165, 1.54) is 38.5 Å². The molecule has 0 radical (unpaired) electrons. The van der Waals surface area contributed by atoms with E-state index in [4.69, 9.17) is 5.26 Å². The molecule has 0 bridgehead atoms. The van der Waals surface area contributed by atoms with Crippen LogP contribution in [0.2, 0.25) is 0 Å². The molecule has 0 aromatic rings. The average molecular weight is 190 g/mol. The van der Waals surface area contributed by atoms with Crippen molar-refractivity contribution in [3.05, 3.63) is 0 Å². The third-order valence-corrected chi connectivity index (χ3v) is 2.13. The Kier molecular flexibility index (Phi) is 11.8. The normalized spacial score (nSPS) is 10.6. The van der Waals surface area contributed by atoms with Crippen molar-refractivity contribution in [1.82, 2.24) is 0 Å². The van der Waals surface area contributed by atoms with Gasteiger partial charge in [0.05, 0.1) is 6.61 Å². The van der Waals surface area contributed by atoms with Gasteiger partial charge in [0.1, 0.15) is 0 Å². The number of rotatable bonds is 10. The molecule has 0 heterocycles. The van der Waals surface area contributed by atoms with E-state index >= 15 is 0 Å². The highest BCUT2D eigenvalue weighted by Crippen LogP contribution is 2.08. The second-order valence-electron chi connectivity index (χ2n) is 3.37. The number of hydrogen-bond donors (Lipinski definition) is 1. The van der Waals surface area contributed by atoms with Crippen LogP contribution < -0.4 is 0 Å². The van der Waals surface area contributed by atoms with Crippen molar-refractivity contribution >= 4 is 0 Å². The first kappa shape index (κ1) is 12.9. The van der Waals surface area contributed by atoms with Crippen LogP contribution in [0.1, 0.15) is 58.3 Å². The lowest BCUT2D eigenvalue weighted by Crippen LogP contribution is -1.92. The van der Waals surface area contributed by atoms with Crippen LogP contribution in [0.5, 0.6) is 0 Å². The van der Waals surface area contributed by atoms with E-state index in [1.807, 2.05) is 0 Å². The first-order chi connectivity index (χ1) is 6.41. The highest BCUT2D eigenvalue weighted by atomic mass is 17.5. The molecule has 13 heavy (non-hydrogen) atoms. The number of hydrogen-bond acceptors (Lipinski definition) is 3. The molecule has 0 saturated carbocycles. The van der Waals surface area contributed by atoms with Crippen LogP contribution in [0.15, 0.2) is 0 Å². The van der Waals surface area contributed by atoms with Gasteiger partial charge in [-0.15, -0.1) is 0 Å². The van der Waals surface area contributed by atoms with Crippen molar-refractivity contribution < 1.29 is 15.2 Å². The Morgan fingerprint density at radius 1 is 0.846 bits per heavy atom. The minimum absolute atomic E-state index is 0.492. The van der Waals surface area contributed by atoms with Crippen LogP contribution in [0.4, 0.5) is 0 Å². The van der Waals surface area contributed by atoms with Crippen LogP contribution in [-0.2, 0) is 9.93 Å².